The molecule has 8 rings (SSSR count). The van der Waals surface area contributed by atoms with Crippen molar-refractivity contribution in [1.29, 1.82) is 0 Å². The van der Waals surface area contributed by atoms with E-state index in [0.29, 0.717) is 24.7 Å². The number of benzene rings is 2. The lowest BCUT2D eigenvalue weighted by molar-refractivity contribution is -0.134. The number of carbonyl (C=O) groups excluding carboxylic acids is 2. The number of amides is 2. The summed E-state index contributed by atoms with van der Waals surface area (Å²) < 4.78 is 6.29. The van der Waals surface area contributed by atoms with Crippen LogP contribution in [0.25, 0.3) is 22.5 Å². The zero-order valence-corrected chi connectivity index (χ0v) is 29.8. The average Bonchev–Trinajstić information content (AvgIpc) is 3.99. The van der Waals surface area contributed by atoms with E-state index in [-0.39, 0.29) is 23.9 Å². The molecule has 2 aromatic heterocycles. The van der Waals surface area contributed by atoms with Crippen LogP contribution in [-0.4, -0.2) is 54.6 Å². The summed E-state index contributed by atoms with van der Waals surface area (Å²) in [5.41, 5.74) is 3.88. The van der Waals surface area contributed by atoms with Gasteiger partial charge in [0.05, 0.1) is 35.9 Å². The highest BCUT2D eigenvalue weighted by Gasteiger charge is 2.34. The second-order valence-corrected chi connectivity index (χ2v) is 15.4. The summed E-state index contributed by atoms with van der Waals surface area (Å²) >= 11 is 0. The number of hydrogen-bond acceptors (Lipinski definition) is 5. The first-order valence-electron chi connectivity index (χ1n) is 19.6. The van der Waals surface area contributed by atoms with Gasteiger partial charge < -0.3 is 24.5 Å². The van der Waals surface area contributed by atoms with E-state index in [9.17, 15) is 9.59 Å². The van der Waals surface area contributed by atoms with Gasteiger partial charge in [-0.3, -0.25) is 9.59 Å². The van der Waals surface area contributed by atoms with E-state index < -0.39 is 0 Å². The summed E-state index contributed by atoms with van der Waals surface area (Å²) in [6.45, 7) is 1.64. The maximum Gasteiger partial charge on any atom is 0.223 e. The number of rotatable bonds is 10. The number of imidazole rings is 2. The van der Waals surface area contributed by atoms with Crippen LogP contribution < -0.4 is 4.74 Å². The van der Waals surface area contributed by atoms with Gasteiger partial charge in [0.2, 0.25) is 11.8 Å². The van der Waals surface area contributed by atoms with Crippen LogP contribution in [0.15, 0.2) is 60.9 Å². The third-order valence-corrected chi connectivity index (χ3v) is 11.9. The quantitative estimate of drug-likeness (QED) is 0.173. The molecule has 2 atom stereocenters. The Bertz CT molecular complexity index is 1780. The number of H-pyrrole nitrogens is 2. The zero-order valence-electron chi connectivity index (χ0n) is 29.8. The molecule has 9 nitrogen and oxygen atoms in total. The summed E-state index contributed by atoms with van der Waals surface area (Å²) in [6.07, 6.45) is 21.5. The van der Waals surface area contributed by atoms with Crippen molar-refractivity contribution < 1.29 is 14.3 Å². The highest BCUT2D eigenvalue weighted by molar-refractivity contribution is 5.78. The van der Waals surface area contributed by atoms with Crippen LogP contribution >= 0.6 is 0 Å². The standard InChI is InChI=1S/C42H52N6O3/c49-39(24-29-10-3-1-4-11-29)47-22-8-16-37(47)41-43-27-35(45-41)31-18-20-33(21-19-31)51-34-15-7-14-32(26-34)36-28-44-42(46-36)38-17-9-23-48(38)40(50)25-30-12-5-2-6-13-30/h7,14-15,18-21,26-30,37-38H,1-6,8-13,16-17,22-25H2,(H,43,45)(H,44,46)/t37-,38-/m0/s1. The van der Waals surface area contributed by atoms with Crippen LogP contribution in [-0.2, 0) is 9.59 Å². The van der Waals surface area contributed by atoms with Gasteiger partial charge in [-0.15, -0.1) is 0 Å². The Labute approximate surface area is 301 Å². The molecule has 0 spiro atoms. The number of nitrogens with one attached hydrogen (secondary N) is 2. The number of aromatic amines is 2. The Morgan fingerprint density at radius 3 is 1.69 bits per heavy atom. The van der Waals surface area contributed by atoms with Crippen LogP contribution in [0.3, 0.4) is 0 Å². The Balaban J connectivity index is 0.887. The van der Waals surface area contributed by atoms with E-state index in [1.165, 1.54) is 64.2 Å². The van der Waals surface area contributed by atoms with E-state index in [4.69, 9.17) is 14.7 Å². The maximum atomic E-state index is 13.3. The van der Waals surface area contributed by atoms with E-state index >= 15 is 0 Å². The second-order valence-electron chi connectivity index (χ2n) is 15.4. The Morgan fingerprint density at radius 1 is 0.608 bits per heavy atom. The molecular weight excluding hydrogens is 637 g/mol. The molecule has 51 heavy (non-hydrogen) atoms. The lowest BCUT2D eigenvalue weighted by Gasteiger charge is -2.27. The molecule has 0 unspecified atom stereocenters. The SMILES string of the molecule is O=C(CC1CCCCC1)N1CCC[C@H]1c1ncc(-c2ccc(Oc3cccc(-c4cnc([C@@H]5CCCN5C(=O)CC5CCCCC5)[nH]4)c3)cc2)[nH]1. The molecule has 268 valence electrons. The van der Waals surface area contributed by atoms with Gasteiger partial charge in [-0.1, -0.05) is 50.7 Å². The number of ether oxygens (including phenoxy) is 1. The number of carbonyl (C=O) groups is 2. The highest BCUT2D eigenvalue weighted by Crippen LogP contribution is 2.37. The smallest absolute Gasteiger partial charge is 0.223 e. The lowest BCUT2D eigenvalue weighted by Crippen LogP contribution is -2.32. The molecule has 4 fully saturated rings. The number of nitrogens with zero attached hydrogens (tertiary/aromatic N) is 4. The van der Waals surface area contributed by atoms with Crippen LogP contribution in [0, 0.1) is 11.8 Å². The van der Waals surface area contributed by atoms with E-state index in [0.717, 1.165) is 84.4 Å². The second kappa shape index (κ2) is 15.5. The van der Waals surface area contributed by atoms with Gasteiger partial charge in [0, 0.05) is 31.5 Å². The van der Waals surface area contributed by atoms with Crippen LogP contribution in [0.2, 0.25) is 0 Å². The van der Waals surface area contributed by atoms with Crippen molar-refractivity contribution in [3.8, 4) is 34.0 Å². The fourth-order valence-electron chi connectivity index (χ4n) is 9.08. The summed E-state index contributed by atoms with van der Waals surface area (Å²) in [4.78, 5) is 47.2. The molecule has 2 aliphatic heterocycles. The molecule has 4 aliphatic rings. The maximum absolute atomic E-state index is 13.3. The first-order valence-corrected chi connectivity index (χ1v) is 19.6. The third kappa shape index (κ3) is 7.77. The van der Waals surface area contributed by atoms with Crippen molar-refractivity contribution in [2.24, 2.45) is 11.8 Å². The molecule has 4 heterocycles. The van der Waals surface area contributed by atoms with Gasteiger partial charge >= 0.3 is 0 Å². The van der Waals surface area contributed by atoms with Crippen molar-refractivity contribution in [3.63, 3.8) is 0 Å². The minimum Gasteiger partial charge on any atom is -0.457 e. The molecule has 2 amide bonds. The molecule has 2 N–H and O–H groups in total. The molecule has 2 saturated heterocycles. The monoisotopic (exact) mass is 688 g/mol. The molecule has 2 aromatic carbocycles. The van der Waals surface area contributed by atoms with Crippen LogP contribution in [0.5, 0.6) is 11.5 Å². The van der Waals surface area contributed by atoms with Crippen molar-refractivity contribution in [2.75, 3.05) is 13.1 Å². The first-order chi connectivity index (χ1) is 25.1. The molecule has 2 saturated carbocycles. The predicted octanol–water partition coefficient (Wildman–Crippen LogP) is 9.53. The highest BCUT2D eigenvalue weighted by atomic mass is 16.5. The fraction of sp³-hybridized carbons (Fsp3) is 0.524. The normalized spacial score (nSPS) is 21.7. The van der Waals surface area contributed by atoms with Crippen LogP contribution in [0.4, 0.5) is 0 Å². The van der Waals surface area contributed by atoms with Gasteiger partial charge in [-0.05, 0) is 105 Å². The molecule has 0 radical (unpaired) electrons. The van der Waals surface area contributed by atoms with Gasteiger partial charge in [-0.25, -0.2) is 9.97 Å². The van der Waals surface area contributed by atoms with E-state index in [2.05, 4.69) is 25.8 Å². The number of likely N-dealkylation sites (tertiary alicyclic amines) is 2. The largest absolute Gasteiger partial charge is 0.457 e. The summed E-state index contributed by atoms with van der Waals surface area (Å²) in [7, 11) is 0. The Morgan fingerprint density at radius 2 is 1.14 bits per heavy atom. The molecular formula is C42H52N6O3. The molecule has 4 aromatic rings. The molecule has 2 aliphatic carbocycles. The van der Waals surface area contributed by atoms with Crippen molar-refractivity contribution in [1.82, 2.24) is 29.7 Å². The average molecular weight is 689 g/mol. The summed E-state index contributed by atoms with van der Waals surface area (Å²) in [5, 5.41) is 0. The van der Waals surface area contributed by atoms with Gasteiger partial charge in [0.1, 0.15) is 23.1 Å². The van der Waals surface area contributed by atoms with Gasteiger partial charge in [0.15, 0.2) is 0 Å². The van der Waals surface area contributed by atoms with E-state index in [1.807, 2.05) is 54.9 Å². The van der Waals surface area contributed by atoms with Crippen molar-refractivity contribution in [2.45, 2.75) is 115 Å². The minimum atomic E-state index is 0.0181. The van der Waals surface area contributed by atoms with Crippen molar-refractivity contribution in [3.05, 3.63) is 72.6 Å². The fourth-order valence-corrected chi connectivity index (χ4v) is 9.08. The Hall–Kier alpha value is -4.40. The molecule has 9 heteroatoms. The summed E-state index contributed by atoms with van der Waals surface area (Å²) in [6, 6.07) is 16.1. The summed E-state index contributed by atoms with van der Waals surface area (Å²) in [5.74, 6) is 4.90. The first kappa shape index (κ1) is 33.7. The zero-order chi connectivity index (χ0) is 34.6. The topological polar surface area (TPSA) is 107 Å². The van der Waals surface area contributed by atoms with Gasteiger partial charge in [-0.2, -0.15) is 0 Å². The van der Waals surface area contributed by atoms with Crippen molar-refractivity contribution >= 4 is 11.8 Å². The van der Waals surface area contributed by atoms with E-state index in [1.54, 1.807) is 0 Å². The Kier molecular flexibility index (Phi) is 10.2. The van der Waals surface area contributed by atoms with Crippen LogP contribution in [0.1, 0.15) is 126 Å². The number of hydrogen-bond donors (Lipinski definition) is 2. The van der Waals surface area contributed by atoms with Gasteiger partial charge in [0.25, 0.3) is 0 Å². The minimum absolute atomic E-state index is 0.0181. The predicted molar refractivity (Wildman–Crippen MR) is 198 cm³/mol. The molecule has 0 bridgehead atoms. The third-order valence-electron chi connectivity index (χ3n) is 11.9. The lowest BCUT2D eigenvalue weighted by atomic mass is 9.86. The number of aromatic nitrogens is 4.